The molecule has 3 heterocycles. The molecule has 3 aliphatic heterocycles. The normalized spacial score (nSPS) is 36.5. The molecule has 1 amide bonds. The summed E-state index contributed by atoms with van der Waals surface area (Å²) in [7, 11) is 3.01. The minimum Gasteiger partial charge on any atom is -0.460 e. The second kappa shape index (κ2) is 30.2. The molecule has 0 spiro atoms. The van der Waals surface area contributed by atoms with E-state index in [0.717, 1.165) is 12.0 Å². The van der Waals surface area contributed by atoms with Crippen molar-refractivity contribution in [1.82, 2.24) is 4.90 Å². The standard InChI is InChI=1S/C56H89NO15/c1-11-68-27-28-70-47-33-43-22-20-41(8)56(65,72-43)53(62)54(63)57-24-16-15-19-44(57)55(64)71-48(38(5)31-42-21-23-46(69-26-25-58)49(32-42)66-9)34-45(59)37(4)30-40(7)51(61)52(67-10)50(60)39(6)29-35(2)17-13-12-14-18-36(47)3/h12-14,17-18,30,35,37-39,41-44,46-49,51-52,58,61,65H,11,15-16,19-29,31-34H2,1-10H3/b14-12?,17-13+,36-18?,40-30+/t35-,37-,38-,39-,41-,42+,43+,44+,46-,47+,48+,49-,51-,52+,56-/m1/s1. The number of aliphatic hydroxyl groups excluding tert-OH is 2. The lowest BCUT2D eigenvalue weighted by Crippen LogP contribution is -2.61. The monoisotopic (exact) mass is 1020 g/mol. The molecular weight excluding hydrogens is 927 g/mol. The second-order valence-corrected chi connectivity index (χ2v) is 21.0. The van der Waals surface area contributed by atoms with E-state index in [1.54, 1.807) is 34.0 Å². The third kappa shape index (κ3) is 17.3. The van der Waals surface area contributed by atoms with Gasteiger partial charge >= 0.3 is 5.97 Å². The lowest BCUT2D eigenvalue weighted by atomic mass is 9.78. The van der Waals surface area contributed by atoms with Crippen molar-refractivity contribution in [2.24, 2.45) is 35.5 Å². The number of esters is 1. The Hall–Kier alpha value is -3.45. The van der Waals surface area contributed by atoms with E-state index >= 15 is 0 Å². The Morgan fingerprint density at radius 3 is 2.29 bits per heavy atom. The fraction of sp³-hybridized carbons (Fsp3) is 0.768. The van der Waals surface area contributed by atoms with Crippen molar-refractivity contribution < 1.29 is 72.5 Å². The summed E-state index contributed by atoms with van der Waals surface area (Å²) >= 11 is 0. The number of Topliss-reactive ketones (excluding diaryl/α,β-unsaturated/α-hetero) is 3. The molecule has 1 aliphatic carbocycles. The van der Waals surface area contributed by atoms with Gasteiger partial charge < -0.3 is 53.4 Å². The Bertz CT molecular complexity index is 1880. The van der Waals surface area contributed by atoms with Crippen LogP contribution in [0.15, 0.2) is 47.6 Å². The van der Waals surface area contributed by atoms with E-state index in [9.17, 15) is 39.3 Å². The van der Waals surface area contributed by atoms with Crippen molar-refractivity contribution in [1.29, 1.82) is 0 Å². The van der Waals surface area contributed by atoms with Gasteiger partial charge in [-0.05, 0) is 114 Å². The average molecular weight is 1020 g/mol. The fourth-order valence-electron chi connectivity index (χ4n) is 10.8. The van der Waals surface area contributed by atoms with E-state index < -0.39 is 77.8 Å². The third-order valence-corrected chi connectivity index (χ3v) is 15.3. The molecule has 1 saturated carbocycles. The quantitative estimate of drug-likeness (QED) is 0.0767. The molecule has 0 unspecified atom stereocenters. The van der Waals surface area contributed by atoms with Crippen LogP contribution in [0.3, 0.4) is 0 Å². The number of rotatable bonds is 13. The third-order valence-electron chi connectivity index (χ3n) is 15.3. The van der Waals surface area contributed by atoms with Gasteiger partial charge in [0, 0.05) is 58.0 Å². The summed E-state index contributed by atoms with van der Waals surface area (Å²) in [5.74, 6) is -8.09. The number of fused-ring (bicyclic) bond motifs is 3. The highest BCUT2D eigenvalue weighted by atomic mass is 16.6. The molecule has 16 heteroatoms. The number of amides is 1. The number of methoxy groups -OCH3 is 2. The molecule has 0 radical (unpaired) electrons. The highest BCUT2D eigenvalue weighted by molar-refractivity contribution is 6.39. The van der Waals surface area contributed by atoms with Gasteiger partial charge in [0.15, 0.2) is 5.78 Å². The van der Waals surface area contributed by atoms with Crippen molar-refractivity contribution in [3.8, 4) is 0 Å². The predicted molar refractivity (Wildman–Crippen MR) is 271 cm³/mol. The Morgan fingerprint density at radius 1 is 0.847 bits per heavy atom. The van der Waals surface area contributed by atoms with Gasteiger partial charge in [0.1, 0.15) is 30.1 Å². The summed E-state index contributed by atoms with van der Waals surface area (Å²) in [4.78, 5) is 72.6. The van der Waals surface area contributed by atoms with Crippen molar-refractivity contribution in [2.75, 3.05) is 53.8 Å². The van der Waals surface area contributed by atoms with Crippen LogP contribution in [0.5, 0.6) is 0 Å². The van der Waals surface area contributed by atoms with Crippen LogP contribution in [0.4, 0.5) is 0 Å². The Labute approximate surface area is 429 Å². The van der Waals surface area contributed by atoms with Crippen LogP contribution in [0, 0.1) is 35.5 Å². The number of aliphatic hydroxyl groups is 3. The van der Waals surface area contributed by atoms with Crippen molar-refractivity contribution >= 4 is 29.2 Å². The van der Waals surface area contributed by atoms with E-state index in [-0.39, 0.29) is 80.5 Å². The van der Waals surface area contributed by atoms with Gasteiger partial charge in [-0.3, -0.25) is 19.2 Å². The molecule has 0 aromatic rings. The van der Waals surface area contributed by atoms with Crippen LogP contribution in [0.1, 0.15) is 132 Å². The van der Waals surface area contributed by atoms with Gasteiger partial charge in [-0.1, -0.05) is 71.1 Å². The summed E-state index contributed by atoms with van der Waals surface area (Å²) in [6, 6.07) is -1.16. The lowest BCUT2D eigenvalue weighted by molar-refractivity contribution is -0.266. The van der Waals surface area contributed by atoms with E-state index in [2.05, 4.69) is 0 Å². The topological polar surface area (TPSA) is 214 Å². The number of nitrogens with zero attached hydrogens (tertiary/aromatic N) is 1. The molecule has 3 fully saturated rings. The number of piperidine rings is 1. The first kappa shape index (κ1) is 61.1. The van der Waals surface area contributed by atoms with Crippen LogP contribution >= 0.6 is 0 Å². The maximum Gasteiger partial charge on any atom is 0.329 e. The van der Waals surface area contributed by atoms with Crippen molar-refractivity contribution in [2.45, 2.75) is 187 Å². The first-order valence-corrected chi connectivity index (χ1v) is 26.7. The van der Waals surface area contributed by atoms with Gasteiger partial charge in [-0.15, -0.1) is 0 Å². The smallest absolute Gasteiger partial charge is 0.329 e. The maximum atomic E-state index is 14.5. The number of carbonyl (C=O) groups is 5. The average Bonchev–Trinajstić information content (AvgIpc) is 3.36. The molecule has 72 heavy (non-hydrogen) atoms. The fourth-order valence-corrected chi connectivity index (χ4v) is 10.8. The maximum absolute atomic E-state index is 14.5. The summed E-state index contributed by atoms with van der Waals surface area (Å²) in [6.45, 7) is 16.0. The van der Waals surface area contributed by atoms with Gasteiger partial charge in [-0.2, -0.15) is 0 Å². The number of hydrogen-bond acceptors (Lipinski definition) is 15. The summed E-state index contributed by atoms with van der Waals surface area (Å²) in [5.41, 5.74) is 1.25. The number of ether oxygens (including phenoxy) is 7. The minimum absolute atomic E-state index is 0.0000119. The van der Waals surface area contributed by atoms with E-state index in [1.807, 2.05) is 65.0 Å². The predicted octanol–water partition coefficient (Wildman–Crippen LogP) is 6.60. The van der Waals surface area contributed by atoms with Gasteiger partial charge in [0.25, 0.3) is 11.7 Å². The first-order chi connectivity index (χ1) is 34.3. The molecule has 16 nitrogen and oxygen atoms in total. The number of cyclic esters (lactones) is 1. The zero-order valence-corrected chi connectivity index (χ0v) is 45.0. The van der Waals surface area contributed by atoms with Gasteiger partial charge in [-0.25, -0.2) is 4.79 Å². The minimum atomic E-state index is -2.46. The molecular formula is C56H89NO15. The van der Waals surface area contributed by atoms with E-state index in [0.29, 0.717) is 76.8 Å². The van der Waals surface area contributed by atoms with Crippen LogP contribution in [0.2, 0.25) is 0 Å². The number of carbonyl (C=O) groups excluding carboxylic acids is 5. The lowest BCUT2D eigenvalue weighted by Gasteiger charge is -2.43. The highest BCUT2D eigenvalue weighted by Gasteiger charge is 2.53. The van der Waals surface area contributed by atoms with Gasteiger partial charge in [0.05, 0.1) is 50.8 Å². The zero-order chi connectivity index (χ0) is 53.1. The van der Waals surface area contributed by atoms with Gasteiger partial charge in [0.2, 0.25) is 5.79 Å². The molecule has 408 valence electrons. The van der Waals surface area contributed by atoms with Crippen LogP contribution in [0.25, 0.3) is 0 Å². The first-order valence-electron chi connectivity index (χ1n) is 26.7. The van der Waals surface area contributed by atoms with Crippen LogP contribution in [-0.4, -0.2) is 158 Å². The SMILES string of the molecule is CCOCCO[C@H]1C[C@@H]2CC[C@@H](C)[C@@](O)(O2)C(=O)C(=O)N2CCCC[C@H]2C(=O)O[C@H]([C@H](C)C[C@@H]2CC[C@@H](OCCO)[C@H](OC)C2)CC(=O)[C@H](C)/C=C(\C)[C@@H](O)[C@@H](OC)C(=O)[C@H](C)C[C@H](C)/C=C/C=CC=C1C. The van der Waals surface area contributed by atoms with Crippen molar-refractivity contribution in [3.63, 3.8) is 0 Å². The molecule has 0 aromatic heterocycles. The van der Waals surface area contributed by atoms with Crippen LogP contribution in [-0.2, 0) is 57.1 Å². The van der Waals surface area contributed by atoms with Crippen molar-refractivity contribution in [3.05, 3.63) is 47.6 Å². The van der Waals surface area contributed by atoms with E-state index in [4.69, 9.17) is 33.2 Å². The molecule has 2 saturated heterocycles. The number of hydrogen-bond donors (Lipinski definition) is 3. The molecule has 2 bridgehead atoms. The molecule has 4 aliphatic rings. The van der Waals surface area contributed by atoms with E-state index in [1.165, 1.54) is 12.0 Å². The highest BCUT2D eigenvalue weighted by Crippen LogP contribution is 2.38. The zero-order valence-electron chi connectivity index (χ0n) is 45.0. The molecule has 0 aromatic carbocycles. The molecule has 15 atom stereocenters. The molecule has 3 N–H and O–H groups in total. The van der Waals surface area contributed by atoms with Crippen LogP contribution < -0.4 is 0 Å². The second-order valence-electron chi connectivity index (χ2n) is 21.0. The number of ketones is 3. The summed E-state index contributed by atoms with van der Waals surface area (Å²) < 4.78 is 41.7. The largest absolute Gasteiger partial charge is 0.460 e. The Balaban J connectivity index is 1.71. The molecule has 4 rings (SSSR count). The summed E-state index contributed by atoms with van der Waals surface area (Å²) in [5, 5.41) is 33.0. The Morgan fingerprint density at radius 2 is 1.60 bits per heavy atom. The Kier molecular flexibility index (Phi) is 25.6. The number of allylic oxidation sites excluding steroid dienone is 6. The summed E-state index contributed by atoms with van der Waals surface area (Å²) in [6.07, 6.45) is 11.7.